The predicted octanol–water partition coefficient (Wildman–Crippen LogP) is 3.89. The van der Waals surface area contributed by atoms with Crippen molar-refractivity contribution in [3.63, 3.8) is 0 Å². The average molecular weight is 420 g/mol. The van der Waals surface area contributed by atoms with Crippen LogP contribution < -0.4 is 5.32 Å². The lowest BCUT2D eigenvalue weighted by atomic mass is 9.89. The van der Waals surface area contributed by atoms with Crippen molar-refractivity contribution in [2.75, 3.05) is 13.1 Å². The maximum absolute atomic E-state index is 13.2. The number of carbonyl (C=O) groups is 3. The van der Waals surface area contributed by atoms with Crippen molar-refractivity contribution in [3.8, 4) is 0 Å². The van der Waals surface area contributed by atoms with Gasteiger partial charge in [-0.1, -0.05) is 79.9 Å². The lowest BCUT2D eigenvalue weighted by molar-refractivity contribution is -0.132. The quantitative estimate of drug-likeness (QED) is 0.692. The van der Waals surface area contributed by atoms with E-state index in [-0.39, 0.29) is 18.4 Å². The molecule has 1 unspecified atom stereocenters. The number of nitrogens with one attached hydrogen (secondary N) is 1. The van der Waals surface area contributed by atoms with E-state index in [1.165, 1.54) is 19.3 Å². The minimum atomic E-state index is -0.722. The topological polar surface area (TPSA) is 69.7 Å². The first-order valence-corrected chi connectivity index (χ1v) is 11.1. The fraction of sp³-hybridized carbons (Fsp3) is 0.400. The lowest BCUT2D eigenvalue weighted by Crippen LogP contribution is -2.42. The Morgan fingerprint density at radius 3 is 2.23 bits per heavy atom. The highest BCUT2D eigenvalue weighted by molar-refractivity contribution is 6.06. The standard InChI is InChI=1S/C25H29N3O3/c29-22(26-16-19-10-4-1-5-11-19)18-28-24(30)23(21-14-8-3-9-15-21)27(25(28)31)17-20-12-6-2-7-13-20/h2-3,6-9,12-15,19,23H,1,4-5,10-11,16-18H2,(H,26,29). The number of hydrogen-bond acceptors (Lipinski definition) is 3. The number of rotatable bonds is 7. The molecule has 2 aromatic rings. The summed E-state index contributed by atoms with van der Waals surface area (Å²) in [6, 6.07) is 17.7. The minimum Gasteiger partial charge on any atom is -0.354 e. The molecule has 0 spiro atoms. The smallest absolute Gasteiger partial charge is 0.328 e. The zero-order valence-corrected chi connectivity index (χ0v) is 17.7. The minimum absolute atomic E-state index is 0.237. The van der Waals surface area contributed by atoms with Crippen molar-refractivity contribution in [1.82, 2.24) is 15.1 Å². The highest BCUT2D eigenvalue weighted by atomic mass is 16.2. The number of urea groups is 1. The number of amides is 4. The van der Waals surface area contributed by atoms with Crippen LogP contribution in [0.2, 0.25) is 0 Å². The van der Waals surface area contributed by atoms with E-state index in [1.807, 2.05) is 60.7 Å². The van der Waals surface area contributed by atoms with Gasteiger partial charge in [0, 0.05) is 13.1 Å². The maximum atomic E-state index is 13.2. The molecule has 1 heterocycles. The molecule has 0 bridgehead atoms. The van der Waals surface area contributed by atoms with Gasteiger partial charge in [0.25, 0.3) is 5.91 Å². The molecule has 2 aromatic carbocycles. The maximum Gasteiger partial charge on any atom is 0.328 e. The van der Waals surface area contributed by atoms with Gasteiger partial charge in [0.15, 0.2) is 0 Å². The van der Waals surface area contributed by atoms with Crippen molar-refractivity contribution >= 4 is 17.8 Å². The second-order valence-electron chi connectivity index (χ2n) is 8.44. The van der Waals surface area contributed by atoms with Gasteiger partial charge < -0.3 is 10.2 Å². The molecule has 1 saturated heterocycles. The molecule has 162 valence electrons. The fourth-order valence-corrected chi connectivity index (χ4v) is 4.53. The van der Waals surface area contributed by atoms with Crippen molar-refractivity contribution in [3.05, 3.63) is 71.8 Å². The summed E-state index contributed by atoms with van der Waals surface area (Å²) in [5, 5.41) is 2.94. The summed E-state index contributed by atoms with van der Waals surface area (Å²) < 4.78 is 0. The second-order valence-corrected chi connectivity index (χ2v) is 8.44. The van der Waals surface area contributed by atoms with Gasteiger partial charge in [-0.05, 0) is 29.9 Å². The molecule has 2 aliphatic rings. The van der Waals surface area contributed by atoms with E-state index in [9.17, 15) is 14.4 Å². The van der Waals surface area contributed by atoms with Gasteiger partial charge >= 0.3 is 6.03 Å². The van der Waals surface area contributed by atoms with E-state index in [2.05, 4.69) is 5.32 Å². The Morgan fingerprint density at radius 1 is 0.903 bits per heavy atom. The molecule has 1 N–H and O–H groups in total. The van der Waals surface area contributed by atoms with Gasteiger partial charge in [0.05, 0.1) is 0 Å². The Hall–Kier alpha value is -3.15. The first-order chi connectivity index (χ1) is 15.1. The van der Waals surface area contributed by atoms with E-state index in [4.69, 9.17) is 0 Å². The van der Waals surface area contributed by atoms with Gasteiger partial charge in [0.2, 0.25) is 5.91 Å². The summed E-state index contributed by atoms with van der Waals surface area (Å²) in [5.74, 6) is -0.130. The second kappa shape index (κ2) is 9.77. The first kappa shape index (κ1) is 21.1. The molecule has 1 aliphatic carbocycles. The lowest BCUT2D eigenvalue weighted by Gasteiger charge is -2.22. The fourth-order valence-electron chi connectivity index (χ4n) is 4.53. The van der Waals surface area contributed by atoms with E-state index < -0.39 is 12.1 Å². The number of benzene rings is 2. The summed E-state index contributed by atoms with van der Waals surface area (Å²) in [6.07, 6.45) is 5.93. The van der Waals surface area contributed by atoms with Crippen LogP contribution in [0.1, 0.15) is 49.3 Å². The van der Waals surface area contributed by atoms with Crippen LogP contribution in [0.3, 0.4) is 0 Å². The zero-order valence-electron chi connectivity index (χ0n) is 17.7. The SMILES string of the molecule is O=C(CN1C(=O)C(c2ccccc2)N(Cc2ccccc2)C1=O)NCC1CCCCC1. The third-order valence-electron chi connectivity index (χ3n) is 6.21. The molecular formula is C25H29N3O3. The summed E-state index contributed by atoms with van der Waals surface area (Å²) in [7, 11) is 0. The van der Waals surface area contributed by atoms with E-state index in [0.29, 0.717) is 19.0 Å². The van der Waals surface area contributed by atoms with E-state index in [1.54, 1.807) is 4.90 Å². The van der Waals surface area contributed by atoms with E-state index in [0.717, 1.165) is 28.9 Å². The number of carbonyl (C=O) groups excluding carboxylic acids is 3. The van der Waals surface area contributed by atoms with Crippen molar-refractivity contribution in [1.29, 1.82) is 0 Å². The Bertz CT molecular complexity index is 910. The molecule has 4 rings (SSSR count). The van der Waals surface area contributed by atoms with Crippen LogP contribution in [-0.4, -0.2) is 40.7 Å². The van der Waals surface area contributed by atoms with Gasteiger partial charge in [-0.2, -0.15) is 0 Å². The molecule has 4 amide bonds. The van der Waals surface area contributed by atoms with Crippen LogP contribution in [-0.2, 0) is 16.1 Å². The normalized spacial score (nSPS) is 19.7. The summed E-state index contributed by atoms with van der Waals surface area (Å²) in [4.78, 5) is 41.7. The Kier molecular flexibility index (Phi) is 6.65. The van der Waals surface area contributed by atoms with Gasteiger partial charge in [-0.15, -0.1) is 0 Å². The molecular weight excluding hydrogens is 390 g/mol. The molecule has 1 saturated carbocycles. The molecule has 6 heteroatoms. The Balaban J connectivity index is 1.48. The summed E-state index contributed by atoms with van der Waals surface area (Å²) in [6.45, 7) is 0.690. The van der Waals surface area contributed by atoms with E-state index >= 15 is 0 Å². The number of hydrogen-bond donors (Lipinski definition) is 1. The highest BCUT2D eigenvalue weighted by Crippen LogP contribution is 2.32. The Labute approximate surface area is 183 Å². The van der Waals surface area contributed by atoms with Crippen molar-refractivity contribution in [2.45, 2.75) is 44.7 Å². The van der Waals surface area contributed by atoms with Crippen molar-refractivity contribution in [2.24, 2.45) is 5.92 Å². The average Bonchev–Trinajstić information content (AvgIpc) is 3.04. The first-order valence-electron chi connectivity index (χ1n) is 11.1. The zero-order chi connectivity index (χ0) is 21.6. The van der Waals surface area contributed by atoms with Crippen LogP contribution in [0.4, 0.5) is 4.79 Å². The molecule has 1 aliphatic heterocycles. The summed E-state index contributed by atoms with van der Waals surface area (Å²) in [5.41, 5.74) is 1.69. The molecule has 0 aromatic heterocycles. The monoisotopic (exact) mass is 419 g/mol. The van der Waals surface area contributed by atoms with Crippen LogP contribution in [0.15, 0.2) is 60.7 Å². The molecule has 6 nitrogen and oxygen atoms in total. The number of imide groups is 1. The molecule has 0 radical (unpaired) electrons. The van der Waals surface area contributed by atoms with Gasteiger partial charge in [-0.25, -0.2) is 4.79 Å². The van der Waals surface area contributed by atoms with Crippen LogP contribution in [0.5, 0.6) is 0 Å². The van der Waals surface area contributed by atoms with Gasteiger partial charge in [-0.3, -0.25) is 14.5 Å². The van der Waals surface area contributed by atoms with Crippen LogP contribution in [0, 0.1) is 5.92 Å². The molecule has 31 heavy (non-hydrogen) atoms. The predicted molar refractivity (Wildman–Crippen MR) is 118 cm³/mol. The molecule has 1 atom stereocenters. The van der Waals surface area contributed by atoms with Gasteiger partial charge in [0.1, 0.15) is 12.6 Å². The largest absolute Gasteiger partial charge is 0.354 e. The van der Waals surface area contributed by atoms with Crippen molar-refractivity contribution < 1.29 is 14.4 Å². The van der Waals surface area contributed by atoms with Crippen LogP contribution >= 0.6 is 0 Å². The third-order valence-corrected chi connectivity index (χ3v) is 6.21. The summed E-state index contributed by atoms with van der Waals surface area (Å²) >= 11 is 0. The molecule has 2 fully saturated rings. The van der Waals surface area contributed by atoms with Crippen LogP contribution in [0.25, 0.3) is 0 Å². The Morgan fingerprint density at radius 2 is 1.55 bits per heavy atom. The highest BCUT2D eigenvalue weighted by Gasteiger charge is 2.46. The third kappa shape index (κ3) is 4.95. The number of nitrogens with zero attached hydrogens (tertiary/aromatic N) is 2.